The monoisotopic (exact) mass is 343 g/mol. The van der Waals surface area contributed by atoms with Gasteiger partial charge < -0.3 is 5.73 Å². The number of alkyl halides is 3. The summed E-state index contributed by atoms with van der Waals surface area (Å²) >= 11 is 2.17. The number of benzene rings is 1. The quantitative estimate of drug-likeness (QED) is 0.821. The van der Waals surface area contributed by atoms with Crippen molar-refractivity contribution in [2.24, 2.45) is 5.73 Å². The van der Waals surface area contributed by atoms with Crippen molar-refractivity contribution < 1.29 is 13.2 Å². The summed E-state index contributed by atoms with van der Waals surface area (Å²) in [6, 6.07) is 7.22. The lowest BCUT2D eigenvalue weighted by Crippen LogP contribution is -2.13. The van der Waals surface area contributed by atoms with E-state index < -0.39 is 12.6 Å². The lowest BCUT2D eigenvalue weighted by Gasteiger charge is -2.12. The van der Waals surface area contributed by atoms with Crippen molar-refractivity contribution in [1.82, 2.24) is 0 Å². The minimum atomic E-state index is -4.08. The van der Waals surface area contributed by atoms with Gasteiger partial charge in [-0.25, -0.2) is 0 Å². The first-order valence-electron chi connectivity index (χ1n) is 4.96. The fourth-order valence-electron chi connectivity index (χ4n) is 1.40. The average Bonchev–Trinajstić information content (AvgIpc) is 2.16. The van der Waals surface area contributed by atoms with Gasteiger partial charge in [0.1, 0.15) is 0 Å². The maximum absolute atomic E-state index is 11.9. The van der Waals surface area contributed by atoms with Gasteiger partial charge in [-0.05, 0) is 53.1 Å². The van der Waals surface area contributed by atoms with Gasteiger partial charge in [-0.1, -0.05) is 12.1 Å². The van der Waals surface area contributed by atoms with E-state index in [9.17, 15) is 13.2 Å². The van der Waals surface area contributed by atoms with Crippen LogP contribution in [-0.4, -0.2) is 6.18 Å². The third kappa shape index (κ3) is 5.16. The molecule has 0 saturated carbocycles. The molecule has 0 aromatic heterocycles. The van der Waals surface area contributed by atoms with Crippen LogP contribution >= 0.6 is 22.6 Å². The van der Waals surface area contributed by atoms with Gasteiger partial charge in [0.2, 0.25) is 0 Å². The molecule has 0 saturated heterocycles. The second-order valence-electron chi connectivity index (χ2n) is 3.67. The van der Waals surface area contributed by atoms with Gasteiger partial charge in [0.05, 0.1) is 0 Å². The van der Waals surface area contributed by atoms with E-state index in [-0.39, 0.29) is 12.5 Å². The normalized spacial score (nSPS) is 13.8. The van der Waals surface area contributed by atoms with Gasteiger partial charge in [0, 0.05) is 16.0 Å². The van der Waals surface area contributed by atoms with Gasteiger partial charge in [-0.2, -0.15) is 13.2 Å². The molecular formula is C11H13F3IN. The molecule has 90 valence electrons. The lowest BCUT2D eigenvalue weighted by atomic mass is 10.0. The lowest BCUT2D eigenvalue weighted by molar-refractivity contribution is -0.135. The number of hydrogen-bond donors (Lipinski definition) is 1. The van der Waals surface area contributed by atoms with Crippen LogP contribution in [0.4, 0.5) is 13.2 Å². The Balaban J connectivity index is 2.41. The van der Waals surface area contributed by atoms with E-state index >= 15 is 0 Å². The van der Waals surface area contributed by atoms with Gasteiger partial charge in [-0.3, -0.25) is 0 Å². The van der Waals surface area contributed by atoms with Gasteiger partial charge in [0.25, 0.3) is 0 Å². The molecule has 2 N–H and O–H groups in total. The zero-order valence-corrected chi connectivity index (χ0v) is 10.8. The van der Waals surface area contributed by atoms with Gasteiger partial charge >= 0.3 is 6.18 Å². The molecule has 0 radical (unpaired) electrons. The standard InChI is InChI=1S/C11H13F3IN/c12-11(13,14)7-1-2-10(16)8-3-5-9(15)6-4-8/h3-6,10H,1-2,7,16H2. The van der Waals surface area contributed by atoms with Gasteiger partial charge in [-0.15, -0.1) is 0 Å². The van der Waals surface area contributed by atoms with Crippen LogP contribution in [0.25, 0.3) is 0 Å². The van der Waals surface area contributed by atoms with Crippen LogP contribution in [0.3, 0.4) is 0 Å². The van der Waals surface area contributed by atoms with Crippen LogP contribution in [0.1, 0.15) is 30.9 Å². The third-order valence-corrected chi connectivity index (χ3v) is 2.99. The fraction of sp³-hybridized carbons (Fsp3) is 0.455. The van der Waals surface area contributed by atoms with E-state index in [2.05, 4.69) is 22.6 Å². The van der Waals surface area contributed by atoms with Crippen LogP contribution in [0.15, 0.2) is 24.3 Å². The predicted molar refractivity (Wildman–Crippen MR) is 66.0 cm³/mol. The number of rotatable bonds is 4. The molecule has 0 aliphatic rings. The fourth-order valence-corrected chi connectivity index (χ4v) is 1.76. The largest absolute Gasteiger partial charge is 0.389 e. The van der Waals surface area contributed by atoms with Crippen LogP contribution in [-0.2, 0) is 0 Å². The van der Waals surface area contributed by atoms with Crippen LogP contribution in [0.5, 0.6) is 0 Å². The van der Waals surface area contributed by atoms with E-state index in [4.69, 9.17) is 5.73 Å². The van der Waals surface area contributed by atoms with Crippen LogP contribution in [0.2, 0.25) is 0 Å². The Morgan fingerprint density at radius 2 is 1.75 bits per heavy atom. The molecular weight excluding hydrogens is 330 g/mol. The highest BCUT2D eigenvalue weighted by molar-refractivity contribution is 14.1. The van der Waals surface area contributed by atoms with Crippen molar-refractivity contribution in [3.63, 3.8) is 0 Å². The molecule has 0 fully saturated rings. The molecule has 1 unspecified atom stereocenters. The molecule has 1 aromatic rings. The van der Waals surface area contributed by atoms with E-state index in [0.29, 0.717) is 6.42 Å². The van der Waals surface area contributed by atoms with Crippen molar-refractivity contribution >= 4 is 22.6 Å². The zero-order valence-electron chi connectivity index (χ0n) is 8.60. The molecule has 5 heteroatoms. The summed E-state index contributed by atoms with van der Waals surface area (Å²) in [7, 11) is 0. The number of hydrogen-bond acceptors (Lipinski definition) is 1. The predicted octanol–water partition coefficient (Wildman–Crippen LogP) is 4.02. The summed E-state index contributed by atoms with van der Waals surface area (Å²) < 4.78 is 36.8. The highest BCUT2D eigenvalue weighted by atomic mass is 127. The minimum Gasteiger partial charge on any atom is -0.324 e. The van der Waals surface area contributed by atoms with Crippen molar-refractivity contribution in [3.05, 3.63) is 33.4 Å². The average molecular weight is 343 g/mol. The highest BCUT2D eigenvalue weighted by Gasteiger charge is 2.26. The summed E-state index contributed by atoms with van der Waals surface area (Å²) in [5, 5.41) is 0. The first kappa shape index (κ1) is 13.8. The van der Waals surface area contributed by atoms with Crippen LogP contribution in [0, 0.1) is 3.57 Å². The van der Waals surface area contributed by atoms with Crippen molar-refractivity contribution in [3.8, 4) is 0 Å². The topological polar surface area (TPSA) is 26.0 Å². The molecule has 0 bridgehead atoms. The second-order valence-corrected chi connectivity index (χ2v) is 4.91. The SMILES string of the molecule is NC(CCCC(F)(F)F)c1ccc(I)cc1. The first-order chi connectivity index (χ1) is 7.38. The molecule has 1 nitrogen and oxygen atoms in total. The van der Waals surface area contributed by atoms with Gasteiger partial charge in [0.15, 0.2) is 0 Å². The maximum atomic E-state index is 11.9. The molecule has 0 aliphatic carbocycles. The number of halogens is 4. The molecule has 1 aromatic carbocycles. The molecule has 0 spiro atoms. The van der Waals surface area contributed by atoms with Crippen LogP contribution < -0.4 is 5.73 Å². The molecule has 0 heterocycles. The molecule has 0 aliphatic heterocycles. The van der Waals surface area contributed by atoms with Crippen molar-refractivity contribution in [1.29, 1.82) is 0 Å². The Labute approximate surface area is 106 Å². The Hall–Kier alpha value is -0.300. The Morgan fingerprint density at radius 3 is 2.25 bits per heavy atom. The summed E-state index contributed by atoms with van der Waals surface area (Å²) in [5.74, 6) is 0. The Morgan fingerprint density at radius 1 is 1.19 bits per heavy atom. The van der Waals surface area contributed by atoms with E-state index in [1.807, 2.05) is 24.3 Å². The number of nitrogens with two attached hydrogens (primary N) is 1. The van der Waals surface area contributed by atoms with Crippen molar-refractivity contribution in [2.75, 3.05) is 0 Å². The Kier molecular flexibility index (Phi) is 5.04. The van der Waals surface area contributed by atoms with E-state index in [0.717, 1.165) is 9.13 Å². The second kappa shape index (κ2) is 5.86. The van der Waals surface area contributed by atoms with E-state index in [1.165, 1.54) is 0 Å². The molecule has 1 rings (SSSR count). The summed E-state index contributed by atoms with van der Waals surface area (Å²) in [6.45, 7) is 0. The Bertz CT molecular complexity index is 321. The minimum absolute atomic E-state index is 0.0800. The summed E-state index contributed by atoms with van der Waals surface area (Å²) in [5.41, 5.74) is 6.70. The molecule has 0 amide bonds. The molecule has 1 atom stereocenters. The third-order valence-electron chi connectivity index (χ3n) is 2.27. The summed E-state index contributed by atoms with van der Waals surface area (Å²) in [6.07, 6.45) is -4.40. The molecule has 16 heavy (non-hydrogen) atoms. The maximum Gasteiger partial charge on any atom is 0.389 e. The zero-order chi connectivity index (χ0) is 12.2. The smallest absolute Gasteiger partial charge is 0.324 e. The first-order valence-corrected chi connectivity index (χ1v) is 6.04. The summed E-state index contributed by atoms with van der Waals surface area (Å²) in [4.78, 5) is 0. The van der Waals surface area contributed by atoms with E-state index in [1.54, 1.807) is 0 Å². The van der Waals surface area contributed by atoms with Crippen molar-refractivity contribution in [2.45, 2.75) is 31.5 Å². The highest BCUT2D eigenvalue weighted by Crippen LogP contribution is 2.25.